The Labute approximate surface area is 130 Å². The fourth-order valence-corrected chi connectivity index (χ4v) is 3.13. The molecule has 3 rings (SSSR count). The van der Waals surface area contributed by atoms with Crippen molar-refractivity contribution in [1.82, 2.24) is 10.6 Å². The number of urea groups is 1. The van der Waals surface area contributed by atoms with E-state index < -0.39 is 0 Å². The zero-order valence-corrected chi connectivity index (χ0v) is 12.8. The van der Waals surface area contributed by atoms with E-state index in [1.807, 2.05) is 46.5 Å². The second-order valence-corrected chi connectivity index (χ2v) is 6.21. The van der Waals surface area contributed by atoms with Gasteiger partial charge in [0.05, 0.1) is 13.1 Å². The largest absolute Gasteiger partial charge is 0.459 e. The molecule has 4 nitrogen and oxygen atoms in total. The summed E-state index contributed by atoms with van der Waals surface area (Å²) in [6.07, 6.45) is 0. The number of hydrogen-bond donors (Lipinski definition) is 2. The molecular formula is C15H14N2O2S2. The van der Waals surface area contributed by atoms with Crippen LogP contribution in [0.25, 0.3) is 11.3 Å². The van der Waals surface area contributed by atoms with Crippen LogP contribution in [0.1, 0.15) is 10.6 Å². The Morgan fingerprint density at radius 3 is 2.76 bits per heavy atom. The van der Waals surface area contributed by atoms with Gasteiger partial charge in [0.25, 0.3) is 0 Å². The molecule has 6 heteroatoms. The van der Waals surface area contributed by atoms with Crippen molar-refractivity contribution in [2.24, 2.45) is 0 Å². The van der Waals surface area contributed by atoms with Crippen molar-refractivity contribution in [3.8, 4) is 11.3 Å². The van der Waals surface area contributed by atoms with Crippen LogP contribution in [0, 0.1) is 0 Å². The molecule has 21 heavy (non-hydrogen) atoms. The monoisotopic (exact) mass is 318 g/mol. The van der Waals surface area contributed by atoms with Gasteiger partial charge in [-0.25, -0.2) is 4.79 Å². The summed E-state index contributed by atoms with van der Waals surface area (Å²) in [4.78, 5) is 12.8. The van der Waals surface area contributed by atoms with E-state index in [1.54, 1.807) is 22.7 Å². The van der Waals surface area contributed by atoms with Gasteiger partial charge in [-0.15, -0.1) is 11.3 Å². The second kappa shape index (κ2) is 6.60. The van der Waals surface area contributed by atoms with Crippen molar-refractivity contribution >= 4 is 28.7 Å². The zero-order valence-electron chi connectivity index (χ0n) is 11.2. The summed E-state index contributed by atoms with van der Waals surface area (Å²) in [6, 6.07) is 9.57. The van der Waals surface area contributed by atoms with Crippen LogP contribution in [0.3, 0.4) is 0 Å². The lowest BCUT2D eigenvalue weighted by Gasteiger charge is -2.05. The summed E-state index contributed by atoms with van der Waals surface area (Å²) in [5, 5.41) is 11.6. The Balaban J connectivity index is 1.47. The number of thiophene rings is 2. The van der Waals surface area contributed by atoms with Crippen molar-refractivity contribution < 1.29 is 9.21 Å². The predicted octanol–water partition coefficient (Wildman–Crippen LogP) is 4.07. The van der Waals surface area contributed by atoms with E-state index in [0.717, 1.165) is 22.0 Å². The summed E-state index contributed by atoms with van der Waals surface area (Å²) < 4.78 is 5.70. The van der Waals surface area contributed by atoms with Crippen LogP contribution < -0.4 is 10.6 Å². The van der Waals surface area contributed by atoms with E-state index >= 15 is 0 Å². The summed E-state index contributed by atoms with van der Waals surface area (Å²) in [7, 11) is 0. The third-order valence-electron chi connectivity index (χ3n) is 2.89. The van der Waals surface area contributed by atoms with E-state index in [-0.39, 0.29) is 6.03 Å². The van der Waals surface area contributed by atoms with Crippen LogP contribution in [0.15, 0.2) is 50.9 Å². The quantitative estimate of drug-likeness (QED) is 0.745. The molecule has 108 valence electrons. The van der Waals surface area contributed by atoms with E-state index in [2.05, 4.69) is 10.6 Å². The van der Waals surface area contributed by atoms with Crippen LogP contribution in [0.4, 0.5) is 4.79 Å². The molecule has 0 radical (unpaired) electrons. The van der Waals surface area contributed by atoms with Gasteiger partial charge in [0.15, 0.2) is 0 Å². The first-order valence-corrected chi connectivity index (χ1v) is 8.29. The molecule has 2 amide bonds. The normalized spacial score (nSPS) is 10.5. The van der Waals surface area contributed by atoms with Gasteiger partial charge in [0.1, 0.15) is 11.5 Å². The Morgan fingerprint density at radius 2 is 2.00 bits per heavy atom. The first kappa shape index (κ1) is 13.9. The third-order valence-corrected chi connectivity index (χ3v) is 4.45. The minimum absolute atomic E-state index is 0.197. The summed E-state index contributed by atoms with van der Waals surface area (Å²) in [5.41, 5.74) is 1.06. The van der Waals surface area contributed by atoms with Crippen LogP contribution in [-0.2, 0) is 13.1 Å². The molecule has 0 aliphatic carbocycles. The summed E-state index contributed by atoms with van der Waals surface area (Å²) in [6.45, 7) is 0.919. The smallest absolute Gasteiger partial charge is 0.315 e. The van der Waals surface area contributed by atoms with Crippen LogP contribution in [0.5, 0.6) is 0 Å². The maximum Gasteiger partial charge on any atom is 0.315 e. The molecule has 0 spiro atoms. The van der Waals surface area contributed by atoms with Crippen molar-refractivity contribution in [2.75, 3.05) is 0 Å². The maximum absolute atomic E-state index is 11.7. The lowest BCUT2D eigenvalue weighted by molar-refractivity contribution is 0.239. The maximum atomic E-state index is 11.7. The molecule has 0 saturated heterocycles. The van der Waals surface area contributed by atoms with Crippen LogP contribution in [-0.4, -0.2) is 6.03 Å². The summed E-state index contributed by atoms with van der Waals surface area (Å²) in [5.74, 6) is 1.56. The van der Waals surface area contributed by atoms with Crippen molar-refractivity contribution in [1.29, 1.82) is 0 Å². The number of nitrogens with one attached hydrogen (secondary N) is 2. The molecule has 2 N–H and O–H groups in total. The molecule has 0 aliphatic rings. The van der Waals surface area contributed by atoms with Gasteiger partial charge in [0, 0.05) is 15.8 Å². The van der Waals surface area contributed by atoms with Crippen molar-refractivity contribution in [2.45, 2.75) is 13.1 Å². The SMILES string of the molecule is O=C(NCc1ccc(-c2ccsc2)o1)NCc1cccs1. The Kier molecular flexibility index (Phi) is 4.37. The average Bonchev–Trinajstić information content (AvgIpc) is 3.24. The van der Waals surface area contributed by atoms with Gasteiger partial charge in [-0.1, -0.05) is 6.07 Å². The molecular weight excluding hydrogens is 304 g/mol. The van der Waals surface area contributed by atoms with E-state index in [9.17, 15) is 4.79 Å². The predicted molar refractivity (Wildman–Crippen MR) is 85.4 cm³/mol. The highest BCUT2D eigenvalue weighted by Crippen LogP contribution is 2.24. The van der Waals surface area contributed by atoms with Gasteiger partial charge in [-0.2, -0.15) is 11.3 Å². The topological polar surface area (TPSA) is 54.3 Å². The first-order chi connectivity index (χ1) is 10.3. The van der Waals surface area contributed by atoms with Gasteiger partial charge in [-0.3, -0.25) is 0 Å². The molecule has 0 atom stereocenters. The fraction of sp³-hybridized carbons (Fsp3) is 0.133. The van der Waals surface area contributed by atoms with Crippen molar-refractivity contribution in [3.05, 3.63) is 57.1 Å². The standard InChI is InChI=1S/C15H14N2O2S2/c18-15(17-9-13-2-1-6-21-13)16-8-12-3-4-14(19-12)11-5-7-20-10-11/h1-7,10H,8-9H2,(H2,16,17,18). The van der Waals surface area contributed by atoms with Crippen LogP contribution >= 0.6 is 22.7 Å². The van der Waals surface area contributed by atoms with Gasteiger partial charge in [0.2, 0.25) is 0 Å². The highest BCUT2D eigenvalue weighted by Gasteiger charge is 2.06. The molecule has 0 bridgehead atoms. The summed E-state index contributed by atoms with van der Waals surface area (Å²) >= 11 is 3.25. The molecule has 3 heterocycles. The minimum Gasteiger partial charge on any atom is -0.459 e. The first-order valence-electron chi connectivity index (χ1n) is 6.46. The number of rotatable bonds is 5. The Bertz CT molecular complexity index is 687. The molecule has 3 aromatic heterocycles. The number of carbonyl (C=O) groups excluding carboxylic acids is 1. The van der Waals surface area contributed by atoms with Gasteiger partial charge >= 0.3 is 6.03 Å². The Hall–Kier alpha value is -2.05. The average molecular weight is 318 g/mol. The highest BCUT2D eigenvalue weighted by atomic mass is 32.1. The molecule has 0 unspecified atom stereocenters. The highest BCUT2D eigenvalue weighted by molar-refractivity contribution is 7.09. The molecule has 0 aliphatic heterocycles. The molecule has 3 aromatic rings. The number of furan rings is 1. The van der Waals surface area contributed by atoms with Gasteiger partial charge in [-0.05, 0) is 35.0 Å². The lowest BCUT2D eigenvalue weighted by atomic mass is 10.3. The lowest BCUT2D eigenvalue weighted by Crippen LogP contribution is -2.34. The van der Waals surface area contributed by atoms with Crippen molar-refractivity contribution in [3.63, 3.8) is 0 Å². The number of amides is 2. The van der Waals surface area contributed by atoms with E-state index in [1.165, 1.54) is 0 Å². The molecule has 0 aromatic carbocycles. The number of carbonyl (C=O) groups is 1. The fourth-order valence-electron chi connectivity index (χ4n) is 1.84. The minimum atomic E-state index is -0.197. The zero-order chi connectivity index (χ0) is 14.5. The molecule has 0 saturated carbocycles. The number of hydrogen-bond acceptors (Lipinski definition) is 4. The molecule has 0 fully saturated rings. The third kappa shape index (κ3) is 3.74. The second-order valence-electron chi connectivity index (χ2n) is 4.39. The van der Waals surface area contributed by atoms with Crippen LogP contribution in [0.2, 0.25) is 0 Å². The Morgan fingerprint density at radius 1 is 1.10 bits per heavy atom. The van der Waals surface area contributed by atoms with Gasteiger partial charge < -0.3 is 15.1 Å². The van der Waals surface area contributed by atoms with E-state index in [4.69, 9.17) is 4.42 Å². The van der Waals surface area contributed by atoms with E-state index in [0.29, 0.717) is 13.1 Å².